The van der Waals surface area contributed by atoms with E-state index >= 15 is 0 Å². The average Bonchev–Trinajstić information content (AvgIpc) is 4.14. The summed E-state index contributed by atoms with van der Waals surface area (Å²) in [5.41, 5.74) is 6.86. The number of aromatic nitrogens is 4. The number of fused-ring (bicyclic) bond motifs is 1. The zero-order valence-corrected chi connectivity index (χ0v) is 35.6. The SMILES string of the molecule is COC(=O)N[C@@H](C)C(=O)N1C(c2ccccc2)CC[C@H]1c1ncc(-c2ccc(-c3ccc4cc(-c5cnc([C@@H]6CCCN6C(=O)[C@@H](NC(=O)OC)C(C)C)[nH]5)ccc4c3)cc2)[nH]1. The fraction of sp³-hybridized carbons (Fsp3) is 0.333. The summed E-state index contributed by atoms with van der Waals surface area (Å²) in [7, 11) is 2.57. The van der Waals surface area contributed by atoms with Crippen LogP contribution in [-0.2, 0) is 19.1 Å². The van der Waals surface area contributed by atoms with Crippen molar-refractivity contribution in [2.45, 2.75) is 76.7 Å². The van der Waals surface area contributed by atoms with E-state index in [9.17, 15) is 19.2 Å². The molecule has 6 aromatic rings. The first-order valence-corrected chi connectivity index (χ1v) is 21.1. The smallest absolute Gasteiger partial charge is 0.407 e. The lowest BCUT2D eigenvalue weighted by Crippen LogP contribution is -2.51. The van der Waals surface area contributed by atoms with Gasteiger partial charge in [0.05, 0.1) is 56.1 Å². The lowest BCUT2D eigenvalue weighted by Gasteiger charge is -2.32. The number of benzene rings is 4. The number of hydrogen-bond donors (Lipinski definition) is 4. The molecule has 2 aromatic heterocycles. The molecule has 4 amide bonds. The topological polar surface area (TPSA) is 175 Å². The highest BCUT2D eigenvalue weighted by atomic mass is 16.5. The van der Waals surface area contributed by atoms with E-state index in [2.05, 4.69) is 81.3 Å². The van der Waals surface area contributed by atoms with Crippen LogP contribution in [0.2, 0.25) is 0 Å². The van der Waals surface area contributed by atoms with E-state index in [4.69, 9.17) is 19.4 Å². The summed E-state index contributed by atoms with van der Waals surface area (Å²) in [4.78, 5) is 71.6. The number of rotatable bonds is 11. The molecule has 2 aliphatic heterocycles. The number of methoxy groups -OCH3 is 2. The van der Waals surface area contributed by atoms with Crippen LogP contribution in [0.4, 0.5) is 9.59 Å². The van der Waals surface area contributed by atoms with Gasteiger partial charge in [0.25, 0.3) is 0 Å². The van der Waals surface area contributed by atoms with E-state index in [1.165, 1.54) is 14.2 Å². The van der Waals surface area contributed by atoms with Crippen molar-refractivity contribution in [2.24, 2.45) is 5.92 Å². The monoisotopic (exact) mass is 836 g/mol. The predicted octanol–water partition coefficient (Wildman–Crippen LogP) is 8.48. The predicted molar refractivity (Wildman–Crippen MR) is 235 cm³/mol. The van der Waals surface area contributed by atoms with Crippen molar-refractivity contribution in [1.82, 2.24) is 40.4 Å². The van der Waals surface area contributed by atoms with Crippen molar-refractivity contribution >= 4 is 34.8 Å². The van der Waals surface area contributed by atoms with Crippen molar-refractivity contribution in [2.75, 3.05) is 20.8 Å². The number of carbonyl (C=O) groups is 4. The molecule has 5 atom stereocenters. The fourth-order valence-corrected chi connectivity index (χ4v) is 8.84. The highest BCUT2D eigenvalue weighted by Gasteiger charge is 2.42. The Labute approximate surface area is 360 Å². The molecule has 14 heteroatoms. The van der Waals surface area contributed by atoms with Gasteiger partial charge in [-0.15, -0.1) is 0 Å². The molecule has 62 heavy (non-hydrogen) atoms. The lowest BCUT2D eigenvalue weighted by molar-refractivity contribution is -0.136. The van der Waals surface area contributed by atoms with Crippen LogP contribution in [0, 0.1) is 5.92 Å². The standard InChI is InChI=1S/C48H52N8O6/c1-28(2)42(54-48(60)62-5)46(58)55-23-9-12-40(55)43-49-27-38(53-43)36-20-19-34-24-33(17-18-35(34)25-36)30-13-15-31(16-14-30)37-26-50-44(52-37)41-22-21-39(32-10-7-6-8-11-32)56(41)45(57)29(3)51-47(59)61-4/h6-8,10-11,13-20,24-29,39-42H,9,12,21-23H2,1-5H3,(H,49,53)(H,50,52)(H,51,59)(H,54,60)/t29-,39?,40-,41-,42-/m0/s1. The molecule has 1 unspecified atom stereocenters. The van der Waals surface area contributed by atoms with Crippen LogP contribution in [0.15, 0.2) is 103 Å². The minimum atomic E-state index is -0.783. The molecule has 0 saturated carbocycles. The Bertz CT molecular complexity index is 2570. The summed E-state index contributed by atoms with van der Waals surface area (Å²) >= 11 is 0. The summed E-state index contributed by atoms with van der Waals surface area (Å²) in [5, 5.41) is 7.52. The van der Waals surface area contributed by atoms with Crippen LogP contribution >= 0.6 is 0 Å². The number of imidazole rings is 2. The van der Waals surface area contributed by atoms with Gasteiger partial charge in [-0.3, -0.25) is 9.59 Å². The number of carbonyl (C=O) groups excluding carboxylic acids is 4. The Morgan fingerprint density at radius 1 is 0.645 bits per heavy atom. The Kier molecular flexibility index (Phi) is 12.1. The van der Waals surface area contributed by atoms with Crippen LogP contribution in [0.25, 0.3) is 44.4 Å². The number of alkyl carbamates (subject to hydrolysis) is 2. The molecule has 0 bridgehead atoms. The number of hydrogen-bond acceptors (Lipinski definition) is 8. The first-order chi connectivity index (χ1) is 30.0. The normalized spacial score (nSPS) is 18.5. The molecule has 320 valence electrons. The quantitative estimate of drug-likeness (QED) is 0.101. The summed E-state index contributed by atoms with van der Waals surface area (Å²) in [6.07, 6.45) is 5.45. The van der Waals surface area contributed by atoms with Crippen molar-refractivity contribution < 1.29 is 28.7 Å². The molecule has 0 spiro atoms. The van der Waals surface area contributed by atoms with E-state index in [1.54, 1.807) is 6.92 Å². The van der Waals surface area contributed by atoms with Crippen LogP contribution in [0.1, 0.15) is 81.8 Å². The molecule has 8 rings (SSSR count). The number of aromatic amines is 2. The van der Waals surface area contributed by atoms with Gasteiger partial charge in [0, 0.05) is 12.1 Å². The minimum absolute atomic E-state index is 0.109. The third-order valence-corrected chi connectivity index (χ3v) is 12.1. The van der Waals surface area contributed by atoms with E-state index in [0.29, 0.717) is 18.8 Å². The van der Waals surface area contributed by atoms with Gasteiger partial charge in [0.15, 0.2) is 0 Å². The van der Waals surface area contributed by atoms with E-state index in [0.717, 1.165) is 75.1 Å². The first kappa shape index (κ1) is 41.8. The molecule has 4 N–H and O–H groups in total. The second-order valence-electron chi connectivity index (χ2n) is 16.4. The van der Waals surface area contributed by atoms with Gasteiger partial charge in [-0.1, -0.05) is 92.7 Å². The molecular weight excluding hydrogens is 785 g/mol. The summed E-state index contributed by atoms with van der Waals surface area (Å²) in [6.45, 7) is 6.07. The zero-order chi connectivity index (χ0) is 43.5. The van der Waals surface area contributed by atoms with Gasteiger partial charge in [0.2, 0.25) is 11.8 Å². The minimum Gasteiger partial charge on any atom is -0.453 e. The number of ether oxygens (including phenoxy) is 2. The van der Waals surface area contributed by atoms with Gasteiger partial charge in [0.1, 0.15) is 23.7 Å². The maximum Gasteiger partial charge on any atom is 0.407 e. The van der Waals surface area contributed by atoms with Crippen LogP contribution in [-0.4, -0.2) is 86.6 Å². The molecule has 2 aliphatic rings. The van der Waals surface area contributed by atoms with Gasteiger partial charge >= 0.3 is 12.2 Å². The Balaban J connectivity index is 0.961. The van der Waals surface area contributed by atoms with Gasteiger partial charge in [-0.25, -0.2) is 19.6 Å². The third-order valence-electron chi connectivity index (χ3n) is 12.1. The fourth-order valence-electron chi connectivity index (χ4n) is 8.84. The van der Waals surface area contributed by atoms with Crippen molar-refractivity contribution in [3.63, 3.8) is 0 Å². The Morgan fingerprint density at radius 2 is 1.21 bits per heavy atom. The van der Waals surface area contributed by atoms with Gasteiger partial charge < -0.3 is 39.9 Å². The molecule has 0 aliphatic carbocycles. The van der Waals surface area contributed by atoms with Crippen molar-refractivity contribution in [3.05, 3.63) is 121 Å². The van der Waals surface area contributed by atoms with Crippen LogP contribution < -0.4 is 10.6 Å². The van der Waals surface area contributed by atoms with Crippen molar-refractivity contribution in [1.29, 1.82) is 0 Å². The van der Waals surface area contributed by atoms with Crippen LogP contribution in [0.5, 0.6) is 0 Å². The van der Waals surface area contributed by atoms with Gasteiger partial charge in [-0.2, -0.15) is 0 Å². The van der Waals surface area contributed by atoms with Gasteiger partial charge in [-0.05, 0) is 83.7 Å². The number of H-pyrrole nitrogens is 2. The maximum atomic E-state index is 13.9. The lowest BCUT2D eigenvalue weighted by atomic mass is 9.98. The molecule has 4 heterocycles. The van der Waals surface area contributed by atoms with E-state index in [-0.39, 0.29) is 35.9 Å². The Morgan fingerprint density at radius 3 is 1.87 bits per heavy atom. The van der Waals surface area contributed by atoms with Crippen molar-refractivity contribution in [3.8, 4) is 33.6 Å². The summed E-state index contributed by atoms with van der Waals surface area (Å²) in [5.74, 6) is 0.969. The molecular formula is C48H52N8O6. The number of nitrogens with zero attached hydrogens (tertiary/aromatic N) is 4. The zero-order valence-electron chi connectivity index (χ0n) is 35.6. The largest absolute Gasteiger partial charge is 0.453 e. The summed E-state index contributed by atoms with van der Waals surface area (Å²) < 4.78 is 9.54. The molecule has 0 radical (unpaired) electrons. The first-order valence-electron chi connectivity index (χ1n) is 21.1. The van der Waals surface area contributed by atoms with Crippen LogP contribution in [0.3, 0.4) is 0 Å². The number of amides is 4. The third kappa shape index (κ3) is 8.49. The molecule has 4 aromatic carbocycles. The van der Waals surface area contributed by atoms with E-state index < -0.39 is 24.3 Å². The highest BCUT2D eigenvalue weighted by molar-refractivity contribution is 5.91. The number of nitrogens with one attached hydrogen (secondary N) is 4. The number of likely N-dealkylation sites (tertiary alicyclic amines) is 2. The highest BCUT2D eigenvalue weighted by Crippen LogP contribution is 2.44. The van der Waals surface area contributed by atoms with E-state index in [1.807, 2.05) is 66.4 Å². The second-order valence-corrected chi connectivity index (χ2v) is 16.4. The molecule has 2 saturated heterocycles. The molecule has 14 nitrogen and oxygen atoms in total. The Hall–Kier alpha value is -6.96. The maximum absolute atomic E-state index is 13.9. The average molecular weight is 837 g/mol. The molecule has 2 fully saturated rings. The summed E-state index contributed by atoms with van der Waals surface area (Å²) in [6, 6.07) is 28.9. The second kappa shape index (κ2) is 17.9.